The van der Waals surface area contributed by atoms with Gasteiger partial charge in [0, 0.05) is 27.0 Å². The van der Waals surface area contributed by atoms with E-state index in [4.69, 9.17) is 39.5 Å². The number of halogens is 3. The smallest absolute Gasteiger partial charge is 0.263 e. The van der Waals surface area contributed by atoms with Gasteiger partial charge in [0.15, 0.2) is 5.60 Å². The van der Waals surface area contributed by atoms with E-state index < -0.39 is 5.60 Å². The summed E-state index contributed by atoms with van der Waals surface area (Å²) < 4.78 is 5.95. The number of hydrogen-bond donors (Lipinski definition) is 1. The summed E-state index contributed by atoms with van der Waals surface area (Å²) in [5.74, 6) is 0.413. The predicted molar refractivity (Wildman–Crippen MR) is 133 cm³/mol. The molecule has 3 aromatic rings. The fraction of sp³-hybridized carbons (Fsp3) is 0.269. The average molecular weight is 491 g/mol. The first-order chi connectivity index (χ1) is 15.1. The number of carbonyl (C=O) groups excluding carboxylic acids is 1. The molecule has 1 N–H and O–H groups in total. The minimum absolute atomic E-state index is 0.0312. The maximum absolute atomic E-state index is 13.1. The Morgan fingerprint density at radius 3 is 1.84 bits per heavy atom. The van der Waals surface area contributed by atoms with Gasteiger partial charge in [0.1, 0.15) is 5.75 Å². The van der Waals surface area contributed by atoms with E-state index in [1.807, 2.05) is 55.5 Å². The van der Waals surface area contributed by atoms with Crippen molar-refractivity contribution in [2.24, 2.45) is 0 Å². The van der Waals surface area contributed by atoms with Crippen LogP contribution in [-0.4, -0.2) is 17.6 Å². The van der Waals surface area contributed by atoms with Gasteiger partial charge in [-0.2, -0.15) is 0 Å². The molecule has 3 aromatic carbocycles. The SMILES string of the molecule is C[C@H](NC(=O)C(C)(C)Oc1ccc(Cl)cc1)[C@@H](Cc1ccc(Cl)cc1)c1ccc(Cl)cc1. The Hall–Kier alpha value is -2.20. The highest BCUT2D eigenvalue weighted by Crippen LogP contribution is 2.28. The molecule has 6 heteroatoms. The molecule has 0 aliphatic heterocycles. The minimum atomic E-state index is -1.06. The Balaban J connectivity index is 1.77. The van der Waals surface area contributed by atoms with Gasteiger partial charge in [-0.25, -0.2) is 0 Å². The predicted octanol–water partition coefficient (Wildman–Crippen LogP) is 7.34. The third-order valence-electron chi connectivity index (χ3n) is 5.36. The van der Waals surface area contributed by atoms with Crippen molar-refractivity contribution in [3.8, 4) is 5.75 Å². The zero-order chi connectivity index (χ0) is 23.3. The van der Waals surface area contributed by atoms with Crippen molar-refractivity contribution in [3.05, 3.63) is 99.0 Å². The van der Waals surface area contributed by atoms with Gasteiger partial charge >= 0.3 is 0 Å². The van der Waals surface area contributed by atoms with Crippen LogP contribution in [0.4, 0.5) is 0 Å². The number of rotatable bonds is 8. The van der Waals surface area contributed by atoms with Crippen LogP contribution in [0.25, 0.3) is 0 Å². The third kappa shape index (κ3) is 6.65. The van der Waals surface area contributed by atoms with Crippen LogP contribution >= 0.6 is 34.8 Å². The van der Waals surface area contributed by atoms with E-state index in [9.17, 15) is 4.79 Å². The van der Waals surface area contributed by atoms with E-state index in [0.717, 1.165) is 17.5 Å². The Morgan fingerprint density at radius 2 is 1.31 bits per heavy atom. The molecule has 0 aromatic heterocycles. The number of carbonyl (C=O) groups is 1. The lowest BCUT2D eigenvalue weighted by Gasteiger charge is -2.31. The first kappa shape index (κ1) is 24.4. The largest absolute Gasteiger partial charge is 0.478 e. The summed E-state index contributed by atoms with van der Waals surface area (Å²) in [7, 11) is 0. The van der Waals surface area contributed by atoms with E-state index in [-0.39, 0.29) is 17.9 Å². The van der Waals surface area contributed by atoms with Gasteiger partial charge in [0.2, 0.25) is 0 Å². The molecule has 0 unspecified atom stereocenters. The second-order valence-electron chi connectivity index (χ2n) is 8.32. The van der Waals surface area contributed by atoms with Crippen molar-refractivity contribution >= 4 is 40.7 Å². The maximum atomic E-state index is 13.1. The lowest BCUT2D eigenvalue weighted by atomic mass is 9.86. The lowest BCUT2D eigenvalue weighted by molar-refractivity contribution is -0.135. The Morgan fingerprint density at radius 1 is 0.844 bits per heavy atom. The number of hydrogen-bond acceptors (Lipinski definition) is 2. The van der Waals surface area contributed by atoms with E-state index in [1.54, 1.807) is 38.1 Å². The maximum Gasteiger partial charge on any atom is 0.263 e. The van der Waals surface area contributed by atoms with Crippen LogP contribution in [0.2, 0.25) is 15.1 Å². The molecule has 0 saturated carbocycles. The van der Waals surface area contributed by atoms with Gasteiger partial charge in [-0.05, 0) is 86.8 Å². The van der Waals surface area contributed by atoms with E-state index >= 15 is 0 Å². The number of benzene rings is 3. The van der Waals surface area contributed by atoms with Gasteiger partial charge in [-0.3, -0.25) is 4.79 Å². The molecular weight excluding hydrogens is 465 g/mol. The standard InChI is InChI=1S/C26H26Cl3NO2/c1-17(30-25(31)26(2,3)32-23-14-12-22(29)13-15-23)24(19-6-10-21(28)11-7-19)16-18-4-8-20(27)9-5-18/h4-15,17,24H,16H2,1-3H3,(H,30,31)/t17-,24+/m0/s1. The highest BCUT2D eigenvalue weighted by molar-refractivity contribution is 6.31. The lowest BCUT2D eigenvalue weighted by Crippen LogP contribution is -2.51. The molecule has 0 bridgehead atoms. The second kappa shape index (κ2) is 10.6. The third-order valence-corrected chi connectivity index (χ3v) is 6.12. The fourth-order valence-corrected chi connectivity index (χ4v) is 3.87. The van der Waals surface area contributed by atoms with Crippen molar-refractivity contribution in [2.75, 3.05) is 0 Å². The molecule has 1 amide bonds. The molecule has 168 valence electrons. The molecule has 0 saturated heterocycles. The van der Waals surface area contributed by atoms with Crippen LogP contribution in [0.15, 0.2) is 72.8 Å². The molecule has 0 aliphatic carbocycles. The summed E-state index contributed by atoms with van der Waals surface area (Å²) in [5, 5.41) is 5.13. The molecular formula is C26H26Cl3NO2. The summed E-state index contributed by atoms with van der Waals surface area (Å²) in [5.41, 5.74) is 1.16. The van der Waals surface area contributed by atoms with Crippen LogP contribution < -0.4 is 10.1 Å². The number of ether oxygens (including phenoxy) is 1. The van der Waals surface area contributed by atoms with E-state index in [0.29, 0.717) is 20.8 Å². The quantitative estimate of drug-likeness (QED) is 0.359. The zero-order valence-corrected chi connectivity index (χ0v) is 20.5. The number of nitrogens with one attached hydrogen (secondary N) is 1. The Bertz CT molecular complexity index is 1030. The average Bonchev–Trinajstić information content (AvgIpc) is 2.75. The molecule has 0 heterocycles. The van der Waals surface area contributed by atoms with Crippen molar-refractivity contribution in [3.63, 3.8) is 0 Å². The second-order valence-corrected chi connectivity index (χ2v) is 9.63. The molecule has 2 atom stereocenters. The van der Waals surface area contributed by atoms with Crippen LogP contribution in [0.3, 0.4) is 0 Å². The van der Waals surface area contributed by atoms with Crippen molar-refractivity contribution in [1.82, 2.24) is 5.32 Å². The van der Waals surface area contributed by atoms with Crippen molar-refractivity contribution in [2.45, 2.75) is 44.8 Å². The Labute approximate surface area is 204 Å². The Kier molecular flexibility index (Phi) is 8.10. The van der Waals surface area contributed by atoms with Crippen LogP contribution in [0.1, 0.15) is 37.8 Å². The monoisotopic (exact) mass is 489 g/mol. The highest BCUT2D eigenvalue weighted by Gasteiger charge is 2.33. The summed E-state index contributed by atoms with van der Waals surface area (Å²) in [6, 6.07) is 22.3. The van der Waals surface area contributed by atoms with E-state index in [1.165, 1.54) is 0 Å². The normalized spacial score (nSPS) is 13.3. The van der Waals surface area contributed by atoms with Gasteiger partial charge in [0.25, 0.3) is 5.91 Å². The van der Waals surface area contributed by atoms with Gasteiger partial charge in [-0.1, -0.05) is 59.1 Å². The molecule has 0 fully saturated rings. The molecule has 0 aliphatic rings. The highest BCUT2D eigenvalue weighted by atomic mass is 35.5. The molecule has 0 spiro atoms. The summed E-state index contributed by atoms with van der Waals surface area (Å²) in [4.78, 5) is 13.1. The minimum Gasteiger partial charge on any atom is -0.478 e. The first-order valence-corrected chi connectivity index (χ1v) is 11.5. The fourth-order valence-electron chi connectivity index (χ4n) is 3.49. The number of amides is 1. The molecule has 3 nitrogen and oxygen atoms in total. The van der Waals surface area contributed by atoms with E-state index in [2.05, 4.69) is 5.32 Å². The van der Waals surface area contributed by atoms with Crippen molar-refractivity contribution in [1.29, 1.82) is 0 Å². The van der Waals surface area contributed by atoms with Crippen LogP contribution in [0.5, 0.6) is 5.75 Å². The molecule has 3 rings (SSSR count). The topological polar surface area (TPSA) is 38.3 Å². The summed E-state index contributed by atoms with van der Waals surface area (Å²) in [6.45, 7) is 5.51. The van der Waals surface area contributed by atoms with Gasteiger partial charge < -0.3 is 10.1 Å². The van der Waals surface area contributed by atoms with Crippen molar-refractivity contribution < 1.29 is 9.53 Å². The van der Waals surface area contributed by atoms with Crippen LogP contribution in [-0.2, 0) is 11.2 Å². The zero-order valence-electron chi connectivity index (χ0n) is 18.2. The van der Waals surface area contributed by atoms with Gasteiger partial charge in [0.05, 0.1) is 0 Å². The summed E-state index contributed by atoms with van der Waals surface area (Å²) >= 11 is 18.1. The summed E-state index contributed by atoms with van der Waals surface area (Å²) in [6.07, 6.45) is 0.735. The first-order valence-electron chi connectivity index (χ1n) is 10.4. The molecule has 0 radical (unpaired) electrons. The molecule has 32 heavy (non-hydrogen) atoms. The van der Waals surface area contributed by atoms with Gasteiger partial charge in [-0.15, -0.1) is 0 Å². The van der Waals surface area contributed by atoms with Crippen LogP contribution in [0, 0.1) is 0 Å².